The van der Waals surface area contributed by atoms with E-state index in [9.17, 15) is 9.59 Å². The molecule has 2 rings (SSSR count). The molecule has 2 aromatic rings. The molecule has 2 aromatic carbocycles. The second-order valence-electron chi connectivity index (χ2n) is 6.54. The van der Waals surface area contributed by atoms with Crippen LogP contribution in [0.2, 0.25) is 0 Å². The minimum absolute atomic E-state index is 0.0314. The molecule has 5 heteroatoms. The van der Waals surface area contributed by atoms with Crippen molar-refractivity contribution in [3.05, 3.63) is 71.3 Å². The Hall–Kier alpha value is -2.66. The molecule has 1 atom stereocenters. The van der Waals surface area contributed by atoms with Gasteiger partial charge in [-0.2, -0.15) is 0 Å². The van der Waals surface area contributed by atoms with Gasteiger partial charge in [-0.05, 0) is 37.2 Å². The molecule has 0 aliphatic rings. The molecule has 0 bridgehead atoms. The van der Waals surface area contributed by atoms with Crippen molar-refractivity contribution in [2.45, 2.75) is 19.5 Å². The van der Waals surface area contributed by atoms with Crippen molar-refractivity contribution < 1.29 is 9.59 Å². The van der Waals surface area contributed by atoms with E-state index in [1.165, 1.54) is 0 Å². The van der Waals surface area contributed by atoms with Crippen LogP contribution in [0.1, 0.15) is 34.5 Å². The highest BCUT2D eigenvalue weighted by atomic mass is 16.2. The van der Waals surface area contributed by atoms with Gasteiger partial charge in [0.2, 0.25) is 5.91 Å². The lowest BCUT2D eigenvalue weighted by Gasteiger charge is -2.27. The minimum Gasteiger partial charge on any atom is -0.355 e. The standard InChI is InChI=1S/C21H27N3O2/c1-16(18-8-6-5-7-9-18)24(4)20(25)15-23(3)14-17-10-12-19(13-11-17)21(26)22-2/h5-13,16H,14-15H2,1-4H3,(H,22,26)/t16-/m0/s1. The second kappa shape index (κ2) is 9.15. The average Bonchev–Trinajstić information content (AvgIpc) is 2.67. The summed E-state index contributed by atoms with van der Waals surface area (Å²) in [4.78, 5) is 27.9. The third kappa shape index (κ3) is 5.17. The van der Waals surface area contributed by atoms with Gasteiger partial charge in [-0.3, -0.25) is 14.5 Å². The van der Waals surface area contributed by atoms with Crippen LogP contribution in [0.25, 0.3) is 0 Å². The van der Waals surface area contributed by atoms with Gasteiger partial charge in [-0.1, -0.05) is 42.5 Å². The van der Waals surface area contributed by atoms with Crippen molar-refractivity contribution in [1.82, 2.24) is 15.1 Å². The lowest BCUT2D eigenvalue weighted by Crippen LogP contribution is -2.37. The molecule has 0 unspecified atom stereocenters. The van der Waals surface area contributed by atoms with E-state index in [0.717, 1.165) is 11.1 Å². The zero-order chi connectivity index (χ0) is 19.1. The number of nitrogens with one attached hydrogen (secondary N) is 1. The van der Waals surface area contributed by atoms with Gasteiger partial charge in [0.25, 0.3) is 5.91 Å². The Morgan fingerprint density at radius 3 is 2.19 bits per heavy atom. The van der Waals surface area contributed by atoms with Crippen LogP contribution in [-0.2, 0) is 11.3 Å². The summed E-state index contributed by atoms with van der Waals surface area (Å²) in [6, 6.07) is 17.5. The number of likely N-dealkylation sites (N-methyl/N-ethyl adjacent to an activating group) is 2. The summed E-state index contributed by atoms with van der Waals surface area (Å²) in [7, 11) is 5.38. The number of carbonyl (C=O) groups excluding carboxylic acids is 2. The van der Waals surface area contributed by atoms with E-state index in [-0.39, 0.29) is 17.9 Å². The maximum Gasteiger partial charge on any atom is 0.251 e. The van der Waals surface area contributed by atoms with E-state index >= 15 is 0 Å². The fourth-order valence-electron chi connectivity index (χ4n) is 2.79. The van der Waals surface area contributed by atoms with Crippen LogP contribution in [0.3, 0.4) is 0 Å². The number of rotatable bonds is 7. The first-order chi connectivity index (χ1) is 12.4. The van der Waals surface area contributed by atoms with Crippen LogP contribution in [0.15, 0.2) is 54.6 Å². The van der Waals surface area contributed by atoms with E-state index in [0.29, 0.717) is 18.7 Å². The molecule has 0 saturated carbocycles. The van der Waals surface area contributed by atoms with Gasteiger partial charge in [-0.15, -0.1) is 0 Å². The maximum absolute atomic E-state index is 12.6. The second-order valence-corrected chi connectivity index (χ2v) is 6.54. The Morgan fingerprint density at radius 2 is 1.62 bits per heavy atom. The van der Waals surface area contributed by atoms with Crippen LogP contribution in [0.4, 0.5) is 0 Å². The highest BCUT2D eigenvalue weighted by Crippen LogP contribution is 2.18. The minimum atomic E-state index is -0.100. The lowest BCUT2D eigenvalue weighted by atomic mass is 10.1. The Morgan fingerprint density at radius 1 is 1.00 bits per heavy atom. The molecular formula is C21H27N3O2. The predicted octanol–water partition coefficient (Wildman–Crippen LogP) is 2.70. The fraction of sp³-hybridized carbons (Fsp3) is 0.333. The number of hydrogen-bond acceptors (Lipinski definition) is 3. The molecule has 138 valence electrons. The first-order valence-electron chi connectivity index (χ1n) is 8.72. The van der Waals surface area contributed by atoms with Crippen molar-refractivity contribution in [3.8, 4) is 0 Å². The zero-order valence-electron chi connectivity index (χ0n) is 15.9. The quantitative estimate of drug-likeness (QED) is 0.833. The number of hydrogen-bond donors (Lipinski definition) is 1. The van der Waals surface area contributed by atoms with Crippen LogP contribution in [-0.4, -0.2) is 49.3 Å². The smallest absolute Gasteiger partial charge is 0.251 e. The summed E-state index contributed by atoms with van der Waals surface area (Å²) in [5.74, 6) is -0.0255. The van der Waals surface area contributed by atoms with Gasteiger partial charge in [0, 0.05) is 26.2 Å². The van der Waals surface area contributed by atoms with Gasteiger partial charge in [0.15, 0.2) is 0 Å². The summed E-state index contributed by atoms with van der Waals surface area (Å²) < 4.78 is 0. The summed E-state index contributed by atoms with van der Waals surface area (Å²) in [5.41, 5.74) is 2.81. The van der Waals surface area contributed by atoms with Crippen molar-refractivity contribution in [2.75, 3.05) is 27.7 Å². The molecule has 5 nitrogen and oxygen atoms in total. The van der Waals surface area contributed by atoms with E-state index < -0.39 is 0 Å². The van der Waals surface area contributed by atoms with E-state index in [1.54, 1.807) is 24.1 Å². The number of amides is 2. The molecule has 0 aliphatic heterocycles. The molecule has 0 saturated heterocycles. The Kier molecular flexibility index (Phi) is 6.92. The summed E-state index contributed by atoms with van der Waals surface area (Å²) in [6.45, 7) is 3.02. The molecule has 0 spiro atoms. The average molecular weight is 353 g/mol. The van der Waals surface area contributed by atoms with Crippen molar-refractivity contribution in [1.29, 1.82) is 0 Å². The van der Waals surface area contributed by atoms with Gasteiger partial charge < -0.3 is 10.2 Å². The van der Waals surface area contributed by atoms with Crippen LogP contribution in [0.5, 0.6) is 0 Å². The molecule has 0 aromatic heterocycles. The van der Waals surface area contributed by atoms with Gasteiger partial charge in [-0.25, -0.2) is 0 Å². The molecule has 1 N–H and O–H groups in total. The molecule has 0 fully saturated rings. The summed E-state index contributed by atoms with van der Waals surface area (Å²) >= 11 is 0. The molecule has 0 heterocycles. The van der Waals surface area contributed by atoms with Gasteiger partial charge >= 0.3 is 0 Å². The molecular weight excluding hydrogens is 326 g/mol. The number of nitrogens with zero attached hydrogens (tertiary/aromatic N) is 2. The fourth-order valence-corrected chi connectivity index (χ4v) is 2.79. The van der Waals surface area contributed by atoms with Gasteiger partial charge in [0.05, 0.1) is 12.6 Å². The Bertz CT molecular complexity index is 729. The SMILES string of the molecule is CNC(=O)c1ccc(CN(C)CC(=O)N(C)[C@@H](C)c2ccccc2)cc1. The highest BCUT2D eigenvalue weighted by molar-refractivity contribution is 5.93. The molecule has 0 aliphatic carbocycles. The molecule has 0 radical (unpaired) electrons. The van der Waals surface area contributed by atoms with Gasteiger partial charge in [0.1, 0.15) is 0 Å². The normalized spacial score (nSPS) is 11.9. The maximum atomic E-state index is 12.6. The predicted molar refractivity (Wildman–Crippen MR) is 104 cm³/mol. The summed E-state index contributed by atoms with van der Waals surface area (Å²) in [6.07, 6.45) is 0. The Balaban J connectivity index is 1.91. The van der Waals surface area contributed by atoms with Crippen LogP contribution >= 0.6 is 0 Å². The molecule has 2 amide bonds. The number of carbonyl (C=O) groups is 2. The van der Waals surface area contributed by atoms with E-state index in [2.05, 4.69) is 5.32 Å². The van der Waals surface area contributed by atoms with E-state index in [1.807, 2.05) is 68.4 Å². The Labute approximate surface area is 155 Å². The first kappa shape index (κ1) is 19.7. The van der Waals surface area contributed by atoms with E-state index in [4.69, 9.17) is 0 Å². The van der Waals surface area contributed by atoms with Crippen molar-refractivity contribution >= 4 is 11.8 Å². The first-order valence-corrected chi connectivity index (χ1v) is 8.72. The zero-order valence-corrected chi connectivity index (χ0v) is 15.9. The summed E-state index contributed by atoms with van der Waals surface area (Å²) in [5, 5.41) is 2.60. The van der Waals surface area contributed by atoms with Crippen LogP contribution < -0.4 is 5.32 Å². The molecule has 26 heavy (non-hydrogen) atoms. The largest absolute Gasteiger partial charge is 0.355 e. The third-order valence-corrected chi connectivity index (χ3v) is 4.56. The van der Waals surface area contributed by atoms with Crippen molar-refractivity contribution in [2.24, 2.45) is 0 Å². The monoisotopic (exact) mass is 353 g/mol. The third-order valence-electron chi connectivity index (χ3n) is 4.56. The van der Waals surface area contributed by atoms with Crippen molar-refractivity contribution in [3.63, 3.8) is 0 Å². The topological polar surface area (TPSA) is 52.7 Å². The lowest BCUT2D eigenvalue weighted by molar-refractivity contribution is -0.132. The van der Waals surface area contributed by atoms with Crippen LogP contribution in [0, 0.1) is 0 Å². The number of benzene rings is 2. The highest BCUT2D eigenvalue weighted by Gasteiger charge is 2.18.